The molecule has 0 aliphatic rings. The summed E-state index contributed by atoms with van der Waals surface area (Å²) in [7, 11) is 0. The minimum atomic E-state index is 0.538. The van der Waals surface area contributed by atoms with E-state index in [0.717, 1.165) is 11.0 Å². The summed E-state index contributed by atoms with van der Waals surface area (Å²) in [6, 6.07) is 5.93. The molecule has 62 valence electrons. The van der Waals surface area contributed by atoms with Crippen molar-refractivity contribution in [3.8, 4) is 0 Å². The monoisotopic (exact) mass is 180 g/mol. The van der Waals surface area contributed by atoms with Gasteiger partial charge in [-0.25, -0.2) is 4.98 Å². The second-order valence-electron chi connectivity index (χ2n) is 2.65. The molecule has 2 rings (SSSR count). The summed E-state index contributed by atoms with van der Waals surface area (Å²) in [6.45, 7) is 2.02. The van der Waals surface area contributed by atoms with Crippen LogP contribution in [-0.4, -0.2) is 14.5 Å². The first-order chi connectivity index (χ1) is 5.79. The molecule has 0 radical (unpaired) electrons. The predicted octanol–water partition coefficient (Wildman–Crippen LogP) is 2.44. The lowest BCUT2D eigenvalue weighted by Gasteiger charge is -1.89. The molecular formula is C8H8N2OS. The average molecular weight is 180 g/mol. The van der Waals surface area contributed by atoms with E-state index in [1.165, 1.54) is 5.56 Å². The highest BCUT2D eigenvalue weighted by Gasteiger charge is 2.01. The van der Waals surface area contributed by atoms with Gasteiger partial charge in [-0.05, 0) is 24.6 Å². The maximum absolute atomic E-state index is 8.73. The van der Waals surface area contributed by atoms with Gasteiger partial charge in [0.1, 0.15) is 0 Å². The van der Waals surface area contributed by atoms with Crippen LogP contribution in [0.4, 0.5) is 0 Å². The van der Waals surface area contributed by atoms with Crippen LogP contribution in [0.5, 0.6) is 0 Å². The van der Waals surface area contributed by atoms with Gasteiger partial charge >= 0.3 is 0 Å². The summed E-state index contributed by atoms with van der Waals surface area (Å²) in [6.07, 6.45) is 0. The molecule has 0 saturated carbocycles. The van der Waals surface area contributed by atoms with Crippen LogP contribution in [0, 0.1) is 6.92 Å². The van der Waals surface area contributed by atoms with Gasteiger partial charge in [-0.3, -0.25) is 0 Å². The first-order valence-corrected chi connectivity index (χ1v) is 4.35. The van der Waals surface area contributed by atoms with Gasteiger partial charge in [-0.1, -0.05) is 6.07 Å². The summed E-state index contributed by atoms with van der Waals surface area (Å²) in [5.41, 5.74) is 3.03. The topological polar surface area (TPSA) is 48.9 Å². The van der Waals surface area contributed by atoms with E-state index in [0.29, 0.717) is 17.2 Å². The molecule has 4 heteroatoms. The number of H-pyrrole nitrogens is 1. The lowest BCUT2D eigenvalue weighted by molar-refractivity contribution is 0.657. The number of aromatic nitrogens is 2. The Balaban J connectivity index is 2.67. The Bertz CT molecular complexity index is 410. The second kappa shape index (κ2) is 2.80. The van der Waals surface area contributed by atoms with Crippen molar-refractivity contribution < 1.29 is 4.55 Å². The molecular weight excluding hydrogens is 172 g/mol. The Kier molecular flexibility index (Phi) is 1.78. The van der Waals surface area contributed by atoms with Crippen molar-refractivity contribution in [3.05, 3.63) is 23.8 Å². The minimum absolute atomic E-state index is 0.538. The number of nitrogens with zero attached hydrogens (tertiary/aromatic N) is 1. The first kappa shape index (κ1) is 7.64. The maximum atomic E-state index is 8.73. The fourth-order valence-corrected chi connectivity index (χ4v) is 1.44. The molecule has 0 amide bonds. The van der Waals surface area contributed by atoms with Crippen LogP contribution in [0.1, 0.15) is 5.56 Å². The number of benzene rings is 1. The fraction of sp³-hybridized carbons (Fsp3) is 0.125. The Labute approximate surface area is 74.0 Å². The number of fused-ring (bicyclic) bond motifs is 1. The van der Waals surface area contributed by atoms with Crippen LogP contribution in [0.3, 0.4) is 0 Å². The third kappa shape index (κ3) is 1.19. The molecule has 0 aliphatic carbocycles. The molecule has 0 spiro atoms. The van der Waals surface area contributed by atoms with E-state index in [2.05, 4.69) is 9.97 Å². The number of hydrogen-bond acceptors (Lipinski definition) is 3. The zero-order chi connectivity index (χ0) is 8.55. The van der Waals surface area contributed by atoms with E-state index in [1.807, 2.05) is 25.1 Å². The van der Waals surface area contributed by atoms with Crippen molar-refractivity contribution in [1.82, 2.24) is 9.97 Å². The molecule has 1 aromatic heterocycles. The molecule has 2 aromatic rings. The molecule has 0 atom stereocenters. The second-order valence-corrected chi connectivity index (χ2v) is 3.22. The normalized spacial score (nSPS) is 10.8. The van der Waals surface area contributed by atoms with Crippen molar-refractivity contribution in [2.45, 2.75) is 12.1 Å². The van der Waals surface area contributed by atoms with E-state index in [4.69, 9.17) is 4.55 Å². The summed E-state index contributed by atoms with van der Waals surface area (Å²) in [4.78, 5) is 7.12. The number of hydrogen-bond donors (Lipinski definition) is 2. The van der Waals surface area contributed by atoms with Crippen LogP contribution in [-0.2, 0) is 0 Å². The van der Waals surface area contributed by atoms with Gasteiger partial charge in [0.15, 0.2) is 5.16 Å². The van der Waals surface area contributed by atoms with Crippen molar-refractivity contribution >= 4 is 23.1 Å². The van der Waals surface area contributed by atoms with Crippen molar-refractivity contribution in [2.24, 2.45) is 0 Å². The zero-order valence-electron chi connectivity index (χ0n) is 6.53. The first-order valence-electron chi connectivity index (χ1n) is 3.57. The summed E-state index contributed by atoms with van der Waals surface area (Å²) in [5.74, 6) is 0. The Morgan fingerprint density at radius 3 is 3.08 bits per heavy atom. The summed E-state index contributed by atoms with van der Waals surface area (Å²) >= 11 is 0.634. The van der Waals surface area contributed by atoms with E-state index in [1.54, 1.807) is 0 Å². The molecule has 0 saturated heterocycles. The number of aromatic amines is 1. The van der Waals surface area contributed by atoms with Crippen LogP contribution in [0.25, 0.3) is 11.0 Å². The Hall–Kier alpha value is -1.00. The number of aryl methyl sites for hydroxylation is 1. The van der Waals surface area contributed by atoms with Crippen molar-refractivity contribution in [1.29, 1.82) is 0 Å². The summed E-state index contributed by atoms with van der Waals surface area (Å²) in [5, 5.41) is 0.538. The molecule has 0 bridgehead atoms. The molecule has 12 heavy (non-hydrogen) atoms. The van der Waals surface area contributed by atoms with E-state index >= 15 is 0 Å². The third-order valence-electron chi connectivity index (χ3n) is 1.70. The average Bonchev–Trinajstić information content (AvgIpc) is 2.46. The van der Waals surface area contributed by atoms with Crippen LogP contribution >= 0.6 is 12.0 Å². The zero-order valence-corrected chi connectivity index (χ0v) is 7.35. The van der Waals surface area contributed by atoms with Gasteiger partial charge < -0.3 is 9.54 Å². The van der Waals surface area contributed by atoms with Gasteiger partial charge in [-0.15, -0.1) is 0 Å². The van der Waals surface area contributed by atoms with Gasteiger partial charge in [0.05, 0.1) is 23.1 Å². The minimum Gasteiger partial charge on any atom is -0.331 e. The van der Waals surface area contributed by atoms with Crippen molar-refractivity contribution in [2.75, 3.05) is 0 Å². The number of nitrogens with one attached hydrogen (secondary N) is 1. The predicted molar refractivity (Wildman–Crippen MR) is 49.3 cm³/mol. The highest BCUT2D eigenvalue weighted by Crippen LogP contribution is 2.17. The Morgan fingerprint density at radius 2 is 2.33 bits per heavy atom. The maximum Gasteiger partial charge on any atom is 0.193 e. The van der Waals surface area contributed by atoms with Crippen LogP contribution < -0.4 is 0 Å². The molecule has 0 aliphatic heterocycles. The van der Waals surface area contributed by atoms with E-state index < -0.39 is 0 Å². The third-order valence-corrected chi connectivity index (χ3v) is 2.07. The van der Waals surface area contributed by atoms with E-state index in [-0.39, 0.29) is 0 Å². The van der Waals surface area contributed by atoms with Crippen LogP contribution in [0.2, 0.25) is 0 Å². The van der Waals surface area contributed by atoms with Crippen LogP contribution in [0.15, 0.2) is 23.4 Å². The van der Waals surface area contributed by atoms with Gasteiger partial charge in [0.2, 0.25) is 0 Å². The standard InChI is InChI=1S/C8H8N2OS/c1-5-2-3-6-7(4-5)10-8(9-6)12-11/h2-4,11H,1H3,(H,9,10). The van der Waals surface area contributed by atoms with Gasteiger partial charge in [0, 0.05) is 0 Å². The molecule has 3 nitrogen and oxygen atoms in total. The quantitative estimate of drug-likeness (QED) is 0.663. The largest absolute Gasteiger partial charge is 0.331 e. The molecule has 1 heterocycles. The smallest absolute Gasteiger partial charge is 0.193 e. The lowest BCUT2D eigenvalue weighted by atomic mass is 10.2. The molecule has 2 N–H and O–H groups in total. The van der Waals surface area contributed by atoms with Gasteiger partial charge in [0.25, 0.3) is 0 Å². The SMILES string of the molecule is Cc1ccc2nc(SO)[nH]c2c1. The van der Waals surface area contributed by atoms with E-state index in [9.17, 15) is 0 Å². The molecule has 0 fully saturated rings. The fourth-order valence-electron chi connectivity index (χ4n) is 1.14. The lowest BCUT2D eigenvalue weighted by Crippen LogP contribution is -1.71. The molecule has 0 unspecified atom stereocenters. The number of imidazole rings is 1. The molecule has 1 aromatic carbocycles. The highest BCUT2D eigenvalue weighted by molar-refractivity contribution is 7.93. The van der Waals surface area contributed by atoms with Gasteiger partial charge in [-0.2, -0.15) is 0 Å². The highest BCUT2D eigenvalue weighted by atomic mass is 32.2. The number of rotatable bonds is 1. The Morgan fingerprint density at radius 1 is 1.50 bits per heavy atom. The van der Waals surface area contributed by atoms with Crippen molar-refractivity contribution in [3.63, 3.8) is 0 Å². The summed E-state index contributed by atoms with van der Waals surface area (Å²) < 4.78 is 8.73.